The van der Waals surface area contributed by atoms with Crippen LogP contribution in [0.1, 0.15) is 19.8 Å². The number of benzene rings is 1. The van der Waals surface area contributed by atoms with Gasteiger partial charge in [0.2, 0.25) is 11.8 Å². The second-order valence-corrected chi connectivity index (χ2v) is 3.88. The maximum absolute atomic E-state index is 11.5. The molecule has 0 unspecified atom stereocenters. The lowest BCUT2D eigenvalue weighted by atomic mass is 10.2. The summed E-state index contributed by atoms with van der Waals surface area (Å²) < 4.78 is 0. The predicted molar refractivity (Wildman–Crippen MR) is 79.8 cm³/mol. The smallest absolute Gasteiger partial charge is 0.225 e. The Morgan fingerprint density at radius 1 is 1.00 bits per heavy atom. The first-order valence-corrected chi connectivity index (χ1v) is 6.00. The van der Waals surface area contributed by atoms with Crippen molar-refractivity contribution in [1.82, 2.24) is 5.32 Å². The van der Waals surface area contributed by atoms with Crippen molar-refractivity contribution in [1.29, 1.82) is 0 Å². The van der Waals surface area contributed by atoms with Gasteiger partial charge in [0.15, 0.2) is 0 Å². The van der Waals surface area contributed by atoms with Crippen LogP contribution in [0.5, 0.6) is 0 Å². The normalized spacial score (nSPS) is 9.37. The molecule has 0 saturated heterocycles. The van der Waals surface area contributed by atoms with Gasteiger partial charge in [-0.15, -0.1) is 12.4 Å². The minimum Gasteiger partial charge on any atom is -0.326 e. The standard InChI is InChI=1S/C13H19N3O2.ClH/c1-3-12(17)15-10-4-6-11(7-5-10)16-13(18)8-9-14-2;/h4-7,14H,3,8-9H2,1-2H3,(H,15,17)(H,16,18);1H. The van der Waals surface area contributed by atoms with Crippen LogP contribution < -0.4 is 16.0 Å². The van der Waals surface area contributed by atoms with Gasteiger partial charge in [0.25, 0.3) is 0 Å². The summed E-state index contributed by atoms with van der Waals surface area (Å²) in [4.78, 5) is 22.6. The van der Waals surface area contributed by atoms with Crippen LogP contribution in [0.2, 0.25) is 0 Å². The molecular formula is C13H20ClN3O2. The molecule has 1 aromatic carbocycles. The van der Waals surface area contributed by atoms with E-state index in [-0.39, 0.29) is 24.2 Å². The van der Waals surface area contributed by atoms with Gasteiger partial charge in [0.1, 0.15) is 0 Å². The van der Waals surface area contributed by atoms with Gasteiger partial charge in [-0.05, 0) is 31.3 Å². The molecule has 0 radical (unpaired) electrons. The first-order valence-electron chi connectivity index (χ1n) is 6.00. The molecule has 5 nitrogen and oxygen atoms in total. The van der Waals surface area contributed by atoms with E-state index in [1.807, 2.05) is 0 Å². The van der Waals surface area contributed by atoms with E-state index in [0.717, 1.165) is 11.4 Å². The van der Waals surface area contributed by atoms with E-state index in [1.165, 1.54) is 0 Å². The molecule has 106 valence electrons. The topological polar surface area (TPSA) is 70.2 Å². The summed E-state index contributed by atoms with van der Waals surface area (Å²) in [5, 5.41) is 8.44. The van der Waals surface area contributed by atoms with E-state index in [9.17, 15) is 9.59 Å². The maximum Gasteiger partial charge on any atom is 0.225 e. The van der Waals surface area contributed by atoms with E-state index >= 15 is 0 Å². The first-order chi connectivity index (χ1) is 8.65. The van der Waals surface area contributed by atoms with Crippen LogP contribution in [0.3, 0.4) is 0 Å². The molecular weight excluding hydrogens is 266 g/mol. The molecule has 0 spiro atoms. The Hall–Kier alpha value is -1.59. The average Bonchev–Trinajstić information content (AvgIpc) is 2.38. The molecule has 19 heavy (non-hydrogen) atoms. The lowest BCUT2D eigenvalue weighted by Crippen LogP contribution is -2.18. The van der Waals surface area contributed by atoms with E-state index in [4.69, 9.17) is 0 Å². The Morgan fingerprint density at radius 2 is 1.47 bits per heavy atom. The lowest BCUT2D eigenvalue weighted by molar-refractivity contribution is -0.116. The van der Waals surface area contributed by atoms with Crippen molar-refractivity contribution in [2.75, 3.05) is 24.2 Å². The Labute approximate surface area is 119 Å². The largest absolute Gasteiger partial charge is 0.326 e. The molecule has 0 aliphatic carbocycles. The number of hydrogen-bond donors (Lipinski definition) is 3. The van der Waals surface area contributed by atoms with E-state index in [0.29, 0.717) is 19.4 Å². The SMILES string of the molecule is CCC(=O)Nc1ccc(NC(=O)CCNC)cc1.Cl. The van der Waals surface area contributed by atoms with Crippen LogP contribution >= 0.6 is 12.4 Å². The quantitative estimate of drug-likeness (QED) is 0.749. The zero-order chi connectivity index (χ0) is 13.4. The summed E-state index contributed by atoms with van der Waals surface area (Å²) in [6.45, 7) is 2.45. The van der Waals surface area contributed by atoms with Gasteiger partial charge in [-0.1, -0.05) is 6.92 Å². The molecule has 0 heterocycles. The van der Waals surface area contributed by atoms with Crippen LogP contribution in [0.15, 0.2) is 24.3 Å². The summed E-state index contributed by atoms with van der Waals surface area (Å²) >= 11 is 0. The van der Waals surface area contributed by atoms with Gasteiger partial charge >= 0.3 is 0 Å². The van der Waals surface area contributed by atoms with Gasteiger partial charge in [-0.3, -0.25) is 9.59 Å². The predicted octanol–water partition coefficient (Wildman–Crippen LogP) is 2.00. The lowest BCUT2D eigenvalue weighted by Gasteiger charge is -2.07. The van der Waals surface area contributed by atoms with Crippen LogP contribution in [-0.2, 0) is 9.59 Å². The fourth-order valence-electron chi connectivity index (χ4n) is 1.35. The highest BCUT2D eigenvalue weighted by Crippen LogP contribution is 2.13. The Kier molecular flexibility index (Phi) is 8.57. The van der Waals surface area contributed by atoms with Crippen molar-refractivity contribution in [3.8, 4) is 0 Å². The fourth-order valence-corrected chi connectivity index (χ4v) is 1.35. The van der Waals surface area contributed by atoms with Gasteiger partial charge in [-0.25, -0.2) is 0 Å². The molecule has 0 aliphatic heterocycles. The molecule has 1 rings (SSSR count). The van der Waals surface area contributed by atoms with Gasteiger partial charge in [0, 0.05) is 30.8 Å². The highest BCUT2D eigenvalue weighted by Gasteiger charge is 2.02. The zero-order valence-corrected chi connectivity index (χ0v) is 12.0. The summed E-state index contributed by atoms with van der Waals surface area (Å²) in [7, 11) is 1.80. The van der Waals surface area contributed by atoms with Crippen molar-refractivity contribution in [3.05, 3.63) is 24.3 Å². The van der Waals surface area contributed by atoms with Crippen LogP contribution in [0.4, 0.5) is 11.4 Å². The van der Waals surface area contributed by atoms with Gasteiger partial charge < -0.3 is 16.0 Å². The molecule has 1 aromatic rings. The number of halogens is 1. The molecule has 0 aromatic heterocycles. The Balaban J connectivity index is 0.00000324. The number of carbonyl (C=O) groups excluding carboxylic acids is 2. The number of amides is 2. The molecule has 0 atom stereocenters. The molecule has 6 heteroatoms. The number of carbonyl (C=O) groups is 2. The highest BCUT2D eigenvalue weighted by atomic mass is 35.5. The Morgan fingerprint density at radius 3 is 1.89 bits per heavy atom. The van der Waals surface area contributed by atoms with Crippen molar-refractivity contribution >= 4 is 35.6 Å². The third-order valence-corrected chi connectivity index (χ3v) is 2.38. The fraction of sp³-hybridized carbons (Fsp3) is 0.385. The molecule has 3 N–H and O–H groups in total. The monoisotopic (exact) mass is 285 g/mol. The zero-order valence-electron chi connectivity index (χ0n) is 11.2. The van der Waals surface area contributed by atoms with Gasteiger partial charge in [0.05, 0.1) is 0 Å². The summed E-state index contributed by atoms with van der Waals surface area (Å²) in [6, 6.07) is 7.06. The molecule has 0 fully saturated rings. The number of hydrogen-bond acceptors (Lipinski definition) is 3. The van der Waals surface area contributed by atoms with Crippen LogP contribution in [-0.4, -0.2) is 25.4 Å². The van der Waals surface area contributed by atoms with E-state index in [2.05, 4.69) is 16.0 Å². The number of rotatable bonds is 6. The summed E-state index contributed by atoms with van der Waals surface area (Å²) in [5.41, 5.74) is 1.46. The van der Waals surface area contributed by atoms with Crippen LogP contribution in [0, 0.1) is 0 Å². The second kappa shape index (κ2) is 9.35. The third-order valence-electron chi connectivity index (χ3n) is 2.38. The second-order valence-electron chi connectivity index (χ2n) is 3.88. The van der Waals surface area contributed by atoms with Crippen molar-refractivity contribution < 1.29 is 9.59 Å². The van der Waals surface area contributed by atoms with Crippen molar-refractivity contribution in [2.24, 2.45) is 0 Å². The van der Waals surface area contributed by atoms with Crippen molar-refractivity contribution in [2.45, 2.75) is 19.8 Å². The van der Waals surface area contributed by atoms with E-state index in [1.54, 1.807) is 38.2 Å². The third kappa shape index (κ3) is 6.79. The number of nitrogens with one attached hydrogen (secondary N) is 3. The minimum absolute atomic E-state index is 0. The molecule has 2 amide bonds. The average molecular weight is 286 g/mol. The maximum atomic E-state index is 11.5. The minimum atomic E-state index is -0.0327. The Bertz CT molecular complexity index is 407. The summed E-state index contributed by atoms with van der Waals surface area (Å²) in [5.74, 6) is -0.0597. The first kappa shape index (κ1) is 17.4. The number of anilines is 2. The van der Waals surface area contributed by atoms with Crippen molar-refractivity contribution in [3.63, 3.8) is 0 Å². The van der Waals surface area contributed by atoms with Gasteiger partial charge in [-0.2, -0.15) is 0 Å². The highest BCUT2D eigenvalue weighted by molar-refractivity contribution is 5.92. The molecule has 0 aliphatic rings. The summed E-state index contributed by atoms with van der Waals surface area (Å²) in [6.07, 6.45) is 0.882. The molecule has 0 saturated carbocycles. The van der Waals surface area contributed by atoms with Crippen LogP contribution in [0.25, 0.3) is 0 Å². The van der Waals surface area contributed by atoms with E-state index < -0.39 is 0 Å². The molecule has 0 bridgehead atoms.